The van der Waals surface area contributed by atoms with Crippen LogP contribution >= 0.6 is 15.9 Å². The van der Waals surface area contributed by atoms with Crippen molar-refractivity contribution in [1.82, 2.24) is 10.6 Å². The molecule has 2 aromatic rings. The number of carbonyl (C=O) groups is 2. The second-order valence-corrected chi connectivity index (χ2v) is 6.39. The van der Waals surface area contributed by atoms with Gasteiger partial charge in [0.15, 0.2) is 11.6 Å². The highest BCUT2D eigenvalue weighted by Crippen LogP contribution is 2.16. The summed E-state index contributed by atoms with van der Waals surface area (Å²) in [7, 11) is 0. The summed E-state index contributed by atoms with van der Waals surface area (Å²) in [6.07, 6.45) is 0.0796. The van der Waals surface area contributed by atoms with Crippen LogP contribution < -0.4 is 10.6 Å². The van der Waals surface area contributed by atoms with Crippen LogP contribution in [0.25, 0.3) is 0 Å². The predicted molar refractivity (Wildman–Crippen MR) is 94.0 cm³/mol. The number of hydrogen-bond acceptors (Lipinski definition) is 2. The minimum atomic E-state index is -0.958. The van der Waals surface area contributed by atoms with E-state index in [-0.39, 0.29) is 24.8 Å². The molecule has 2 N–H and O–H groups in total. The van der Waals surface area contributed by atoms with Crippen molar-refractivity contribution in [2.45, 2.75) is 19.4 Å². The van der Waals surface area contributed by atoms with Gasteiger partial charge >= 0.3 is 0 Å². The maximum absolute atomic E-state index is 13.2. The fraction of sp³-hybridized carbons (Fsp3) is 0.222. The largest absolute Gasteiger partial charge is 0.352 e. The van der Waals surface area contributed by atoms with Crippen LogP contribution in [0.5, 0.6) is 0 Å². The molecule has 0 aromatic heterocycles. The van der Waals surface area contributed by atoms with Crippen molar-refractivity contribution in [3.05, 3.63) is 69.7 Å². The van der Waals surface area contributed by atoms with Gasteiger partial charge in [0.1, 0.15) is 0 Å². The quantitative estimate of drug-likeness (QED) is 0.762. The third-order valence-corrected chi connectivity index (χ3v) is 4.09. The Balaban J connectivity index is 1.79. The highest BCUT2D eigenvalue weighted by atomic mass is 79.9. The Morgan fingerprint density at radius 2 is 1.76 bits per heavy atom. The predicted octanol–water partition coefficient (Wildman–Crippen LogP) is 3.72. The minimum Gasteiger partial charge on any atom is -0.352 e. The summed E-state index contributed by atoms with van der Waals surface area (Å²) in [5.74, 6) is -2.46. The lowest BCUT2D eigenvalue weighted by Crippen LogP contribution is -2.32. The lowest BCUT2D eigenvalue weighted by atomic mass is 10.1. The Bertz CT molecular complexity index is 766. The number of rotatable bonds is 6. The molecule has 0 saturated heterocycles. The van der Waals surface area contributed by atoms with E-state index in [0.29, 0.717) is 11.1 Å². The zero-order valence-electron chi connectivity index (χ0n) is 13.5. The van der Waals surface area contributed by atoms with Crippen LogP contribution in [0.15, 0.2) is 46.9 Å². The molecule has 0 aliphatic carbocycles. The van der Waals surface area contributed by atoms with Crippen LogP contribution in [0.3, 0.4) is 0 Å². The first-order chi connectivity index (χ1) is 11.9. The fourth-order valence-corrected chi connectivity index (χ4v) is 2.44. The third kappa shape index (κ3) is 5.63. The van der Waals surface area contributed by atoms with Crippen molar-refractivity contribution in [2.75, 3.05) is 6.54 Å². The van der Waals surface area contributed by atoms with Gasteiger partial charge in [-0.2, -0.15) is 0 Å². The zero-order valence-corrected chi connectivity index (χ0v) is 15.1. The molecule has 1 unspecified atom stereocenters. The van der Waals surface area contributed by atoms with Gasteiger partial charge in [0.2, 0.25) is 5.91 Å². The molecule has 0 aliphatic heterocycles. The Morgan fingerprint density at radius 1 is 1.08 bits per heavy atom. The molecule has 0 saturated carbocycles. The molecular formula is C18H17BrF2N2O2. The molecule has 4 nitrogen and oxygen atoms in total. The van der Waals surface area contributed by atoms with E-state index in [2.05, 4.69) is 26.6 Å². The molecule has 1 atom stereocenters. The Kier molecular flexibility index (Phi) is 6.64. The number of halogens is 3. The van der Waals surface area contributed by atoms with Gasteiger partial charge in [0, 0.05) is 23.0 Å². The number of carbonyl (C=O) groups excluding carboxylic acids is 2. The Hall–Kier alpha value is -2.28. The highest BCUT2D eigenvalue weighted by molar-refractivity contribution is 9.10. The molecule has 132 valence electrons. The molecule has 0 heterocycles. The van der Waals surface area contributed by atoms with Crippen molar-refractivity contribution in [3.8, 4) is 0 Å². The minimum absolute atomic E-state index is 0.0796. The van der Waals surface area contributed by atoms with Crippen LogP contribution in [-0.4, -0.2) is 18.4 Å². The summed E-state index contributed by atoms with van der Waals surface area (Å²) < 4.78 is 27.0. The lowest BCUT2D eigenvalue weighted by molar-refractivity contribution is -0.121. The molecule has 2 aromatic carbocycles. The average Bonchev–Trinajstić information content (AvgIpc) is 2.57. The standard InChI is InChI=1S/C18H17BrF2N2O2/c1-11(13-4-7-15(20)16(21)10-13)23-17(24)8-9-22-18(25)12-2-5-14(19)6-3-12/h2-7,10-11H,8-9H2,1H3,(H,22,25)(H,23,24). The molecule has 7 heteroatoms. The molecule has 0 radical (unpaired) electrons. The van der Waals surface area contributed by atoms with Gasteiger partial charge in [0.25, 0.3) is 5.91 Å². The molecule has 25 heavy (non-hydrogen) atoms. The average molecular weight is 411 g/mol. The van der Waals surface area contributed by atoms with Crippen LogP contribution in [0.2, 0.25) is 0 Å². The Labute approximate surface area is 152 Å². The van der Waals surface area contributed by atoms with Gasteiger partial charge < -0.3 is 10.6 Å². The summed E-state index contributed by atoms with van der Waals surface area (Å²) in [6.45, 7) is 1.84. The fourth-order valence-electron chi connectivity index (χ4n) is 2.17. The molecule has 0 fully saturated rings. The third-order valence-electron chi connectivity index (χ3n) is 3.57. The van der Waals surface area contributed by atoms with Gasteiger partial charge in [-0.1, -0.05) is 22.0 Å². The molecule has 2 rings (SSSR count). The summed E-state index contributed by atoms with van der Waals surface area (Å²) in [5, 5.41) is 5.33. The van der Waals surface area contributed by atoms with Gasteiger partial charge in [-0.15, -0.1) is 0 Å². The van der Waals surface area contributed by atoms with E-state index in [1.807, 2.05) is 0 Å². The first-order valence-corrected chi connectivity index (χ1v) is 8.44. The van der Waals surface area contributed by atoms with Crippen LogP contribution in [0.1, 0.15) is 35.3 Å². The van der Waals surface area contributed by atoms with Gasteiger partial charge in [-0.3, -0.25) is 9.59 Å². The second-order valence-electron chi connectivity index (χ2n) is 5.48. The maximum Gasteiger partial charge on any atom is 0.251 e. The SMILES string of the molecule is CC(NC(=O)CCNC(=O)c1ccc(Br)cc1)c1ccc(F)c(F)c1. The summed E-state index contributed by atoms with van der Waals surface area (Å²) in [5.41, 5.74) is 0.963. The van der Waals surface area contributed by atoms with Gasteiger partial charge in [-0.25, -0.2) is 8.78 Å². The van der Waals surface area contributed by atoms with Crippen LogP contribution in [0, 0.1) is 11.6 Å². The first kappa shape index (κ1) is 19.1. The van der Waals surface area contributed by atoms with E-state index < -0.39 is 17.7 Å². The van der Waals surface area contributed by atoms with Gasteiger partial charge in [-0.05, 0) is 48.9 Å². The van der Waals surface area contributed by atoms with Crippen molar-refractivity contribution in [3.63, 3.8) is 0 Å². The van der Waals surface area contributed by atoms with Crippen molar-refractivity contribution < 1.29 is 18.4 Å². The van der Waals surface area contributed by atoms with Crippen molar-refractivity contribution in [1.29, 1.82) is 0 Å². The van der Waals surface area contributed by atoms with Crippen molar-refractivity contribution in [2.24, 2.45) is 0 Å². The van der Waals surface area contributed by atoms with E-state index in [0.717, 1.165) is 16.6 Å². The van der Waals surface area contributed by atoms with Crippen molar-refractivity contribution >= 4 is 27.7 Å². The van der Waals surface area contributed by atoms with E-state index in [4.69, 9.17) is 0 Å². The number of amides is 2. The highest BCUT2D eigenvalue weighted by Gasteiger charge is 2.12. The summed E-state index contributed by atoms with van der Waals surface area (Å²) in [4.78, 5) is 23.8. The molecule has 0 spiro atoms. The first-order valence-electron chi connectivity index (χ1n) is 7.65. The Morgan fingerprint density at radius 3 is 2.40 bits per heavy atom. The van der Waals surface area contributed by atoms with E-state index in [9.17, 15) is 18.4 Å². The molecule has 2 amide bonds. The van der Waals surface area contributed by atoms with E-state index in [1.54, 1.807) is 31.2 Å². The summed E-state index contributed by atoms with van der Waals surface area (Å²) in [6, 6.07) is 9.87. The van der Waals surface area contributed by atoms with Gasteiger partial charge in [0.05, 0.1) is 6.04 Å². The van der Waals surface area contributed by atoms with E-state index in [1.165, 1.54) is 6.07 Å². The zero-order chi connectivity index (χ0) is 18.4. The molecular weight excluding hydrogens is 394 g/mol. The summed E-state index contributed by atoms with van der Waals surface area (Å²) >= 11 is 3.29. The lowest BCUT2D eigenvalue weighted by Gasteiger charge is -2.15. The monoisotopic (exact) mass is 410 g/mol. The van der Waals surface area contributed by atoms with Crippen LogP contribution in [-0.2, 0) is 4.79 Å². The normalized spacial score (nSPS) is 11.7. The second kappa shape index (κ2) is 8.71. The maximum atomic E-state index is 13.2. The molecule has 0 bridgehead atoms. The smallest absolute Gasteiger partial charge is 0.251 e. The number of nitrogens with one attached hydrogen (secondary N) is 2. The van der Waals surface area contributed by atoms with Crippen LogP contribution in [0.4, 0.5) is 8.78 Å². The molecule has 0 aliphatic rings. The number of hydrogen-bond donors (Lipinski definition) is 2. The topological polar surface area (TPSA) is 58.2 Å². The number of benzene rings is 2. The van der Waals surface area contributed by atoms with E-state index >= 15 is 0 Å².